The topological polar surface area (TPSA) is 101 Å². The maximum absolute atomic E-state index is 10.5. The van der Waals surface area contributed by atoms with Crippen LogP contribution in [0.25, 0.3) is 0 Å². The molecule has 0 bridgehead atoms. The van der Waals surface area contributed by atoms with Crippen molar-refractivity contribution in [2.75, 3.05) is 6.54 Å². The first kappa shape index (κ1) is 9.41. The van der Waals surface area contributed by atoms with Crippen LogP contribution >= 0.6 is 0 Å². The first-order valence-corrected chi connectivity index (χ1v) is 2.85. The molecule has 0 aliphatic carbocycles. The second kappa shape index (κ2) is 3.55. The van der Waals surface area contributed by atoms with Crippen LogP contribution in [0.4, 0.5) is 4.79 Å². The van der Waals surface area contributed by atoms with E-state index in [4.69, 9.17) is 5.11 Å². The van der Waals surface area contributed by atoms with Crippen molar-refractivity contribution in [3.63, 3.8) is 0 Å². The monoisotopic (exact) mass is 160 g/mol. The number of likely N-dealkylation sites (N-methyl/N-ethyl adjacent to an activating group) is 1. The van der Waals surface area contributed by atoms with Crippen LogP contribution in [0.1, 0.15) is 6.92 Å². The zero-order valence-electron chi connectivity index (χ0n) is 5.90. The van der Waals surface area contributed by atoms with E-state index in [1.165, 1.54) is 6.92 Å². The molecule has 62 valence electrons. The normalized spacial score (nSPS) is 8.82. The van der Waals surface area contributed by atoms with Crippen LogP contribution in [-0.4, -0.2) is 34.5 Å². The molecule has 0 saturated heterocycles. The molecular formula is C5H8N2O4. The molecule has 0 aromatic heterocycles. The highest BCUT2D eigenvalue weighted by Crippen LogP contribution is 1.88. The minimum absolute atomic E-state index is 0.0412. The first-order chi connectivity index (χ1) is 5.00. The van der Waals surface area contributed by atoms with Gasteiger partial charge >= 0.3 is 17.9 Å². The van der Waals surface area contributed by atoms with Crippen molar-refractivity contribution in [2.24, 2.45) is 5.73 Å². The van der Waals surface area contributed by atoms with Crippen LogP contribution in [-0.2, 0) is 9.59 Å². The van der Waals surface area contributed by atoms with Gasteiger partial charge in [0, 0.05) is 6.54 Å². The van der Waals surface area contributed by atoms with Crippen molar-refractivity contribution >= 4 is 17.9 Å². The lowest BCUT2D eigenvalue weighted by molar-refractivity contribution is -0.154. The molecule has 0 aliphatic rings. The van der Waals surface area contributed by atoms with Gasteiger partial charge in [-0.3, -0.25) is 9.69 Å². The number of carboxylic acid groups (broad SMARTS) is 1. The average Bonchev–Trinajstić information content (AvgIpc) is 1.88. The van der Waals surface area contributed by atoms with E-state index in [1.807, 2.05) is 0 Å². The molecule has 0 atom stereocenters. The molecule has 0 heterocycles. The van der Waals surface area contributed by atoms with Crippen molar-refractivity contribution < 1.29 is 19.5 Å². The molecule has 0 rings (SSSR count). The zero-order chi connectivity index (χ0) is 9.02. The standard InChI is InChI=1S/C5H8N2O4/c1-2-7(5(6)11)3(8)4(9)10/h2H2,1H3,(H2,6,11)(H,9,10). The van der Waals surface area contributed by atoms with Crippen molar-refractivity contribution in [3.8, 4) is 0 Å². The number of carbonyl (C=O) groups is 3. The van der Waals surface area contributed by atoms with Crippen LogP contribution < -0.4 is 5.73 Å². The largest absolute Gasteiger partial charge is 0.474 e. The third kappa shape index (κ3) is 2.24. The molecule has 0 fully saturated rings. The number of nitrogens with two attached hydrogens (primary N) is 1. The van der Waals surface area contributed by atoms with Crippen molar-refractivity contribution in [2.45, 2.75) is 6.92 Å². The molecule has 0 radical (unpaired) electrons. The Hall–Kier alpha value is -1.59. The fourth-order valence-corrected chi connectivity index (χ4v) is 0.515. The number of hydrogen-bond acceptors (Lipinski definition) is 3. The highest BCUT2D eigenvalue weighted by molar-refractivity contribution is 6.34. The van der Waals surface area contributed by atoms with Gasteiger partial charge in [0.25, 0.3) is 0 Å². The molecule has 3 amide bonds. The van der Waals surface area contributed by atoms with Crippen LogP contribution in [0.2, 0.25) is 0 Å². The van der Waals surface area contributed by atoms with Gasteiger partial charge in [-0.2, -0.15) is 0 Å². The number of rotatable bonds is 1. The highest BCUT2D eigenvalue weighted by Gasteiger charge is 2.22. The minimum Gasteiger partial charge on any atom is -0.474 e. The SMILES string of the molecule is CCN(C(N)=O)C(=O)C(=O)O. The predicted octanol–water partition coefficient (Wildman–Crippen LogP) is -1.00. The summed E-state index contributed by atoms with van der Waals surface area (Å²) in [6, 6.07) is -1.06. The van der Waals surface area contributed by atoms with Gasteiger partial charge in [0.05, 0.1) is 0 Å². The van der Waals surface area contributed by atoms with Crippen LogP contribution in [0.15, 0.2) is 0 Å². The maximum Gasteiger partial charge on any atom is 0.395 e. The smallest absolute Gasteiger partial charge is 0.395 e. The zero-order valence-corrected chi connectivity index (χ0v) is 5.90. The van der Waals surface area contributed by atoms with E-state index in [0.717, 1.165) is 0 Å². The predicted molar refractivity (Wildman–Crippen MR) is 34.6 cm³/mol. The van der Waals surface area contributed by atoms with E-state index in [0.29, 0.717) is 4.90 Å². The van der Waals surface area contributed by atoms with Gasteiger partial charge in [-0.1, -0.05) is 0 Å². The van der Waals surface area contributed by atoms with Crippen LogP contribution in [0.5, 0.6) is 0 Å². The van der Waals surface area contributed by atoms with E-state index in [-0.39, 0.29) is 6.54 Å². The number of primary amides is 1. The Kier molecular flexibility index (Phi) is 3.03. The van der Waals surface area contributed by atoms with E-state index in [1.54, 1.807) is 0 Å². The van der Waals surface area contributed by atoms with Crippen molar-refractivity contribution in [3.05, 3.63) is 0 Å². The molecule has 0 aromatic rings. The number of urea groups is 1. The fourth-order valence-electron chi connectivity index (χ4n) is 0.515. The Balaban J connectivity index is 4.39. The quantitative estimate of drug-likeness (QED) is 0.480. The Morgan fingerprint density at radius 2 is 1.91 bits per heavy atom. The van der Waals surface area contributed by atoms with E-state index in [9.17, 15) is 14.4 Å². The van der Waals surface area contributed by atoms with Gasteiger partial charge in [0.15, 0.2) is 0 Å². The third-order valence-electron chi connectivity index (χ3n) is 1.01. The summed E-state index contributed by atoms with van der Waals surface area (Å²) in [5.74, 6) is -2.99. The van der Waals surface area contributed by atoms with Crippen molar-refractivity contribution in [1.82, 2.24) is 4.90 Å². The summed E-state index contributed by atoms with van der Waals surface area (Å²) in [5, 5.41) is 8.13. The highest BCUT2D eigenvalue weighted by atomic mass is 16.4. The molecule has 0 aromatic carbocycles. The van der Waals surface area contributed by atoms with Gasteiger partial charge in [0.1, 0.15) is 0 Å². The summed E-state index contributed by atoms with van der Waals surface area (Å²) in [4.78, 5) is 31.3. The lowest BCUT2D eigenvalue weighted by Gasteiger charge is -2.11. The summed E-state index contributed by atoms with van der Waals surface area (Å²) in [7, 11) is 0. The number of imide groups is 1. The summed E-state index contributed by atoms with van der Waals surface area (Å²) in [6.45, 7) is 1.41. The van der Waals surface area contributed by atoms with Gasteiger partial charge in [0.2, 0.25) is 0 Å². The second-order valence-corrected chi connectivity index (χ2v) is 1.69. The summed E-state index contributed by atoms with van der Waals surface area (Å²) in [5.41, 5.74) is 4.69. The number of amides is 3. The van der Waals surface area contributed by atoms with Crippen molar-refractivity contribution in [1.29, 1.82) is 0 Å². The van der Waals surface area contributed by atoms with E-state index < -0.39 is 17.9 Å². The summed E-state index contributed by atoms with van der Waals surface area (Å²) < 4.78 is 0. The summed E-state index contributed by atoms with van der Waals surface area (Å²) in [6.07, 6.45) is 0. The number of nitrogens with zero attached hydrogens (tertiary/aromatic N) is 1. The van der Waals surface area contributed by atoms with Crippen LogP contribution in [0, 0.1) is 0 Å². The van der Waals surface area contributed by atoms with E-state index >= 15 is 0 Å². The molecule has 6 heteroatoms. The average molecular weight is 160 g/mol. The lowest BCUT2D eigenvalue weighted by atomic mass is 10.5. The maximum atomic E-state index is 10.5. The number of aliphatic carboxylic acids is 1. The molecule has 0 spiro atoms. The molecule has 0 unspecified atom stereocenters. The molecule has 0 aliphatic heterocycles. The Bertz CT molecular complexity index is 201. The molecular weight excluding hydrogens is 152 g/mol. The first-order valence-electron chi connectivity index (χ1n) is 2.85. The van der Waals surface area contributed by atoms with E-state index in [2.05, 4.69) is 5.73 Å². The number of carbonyl (C=O) groups excluding carboxylic acids is 2. The van der Waals surface area contributed by atoms with Gasteiger partial charge in [-0.25, -0.2) is 9.59 Å². The number of carboxylic acids is 1. The molecule has 0 saturated carbocycles. The Morgan fingerprint density at radius 3 is 2.00 bits per heavy atom. The second-order valence-electron chi connectivity index (χ2n) is 1.69. The summed E-state index contributed by atoms with van der Waals surface area (Å²) >= 11 is 0. The van der Waals surface area contributed by atoms with Gasteiger partial charge in [-0.05, 0) is 6.92 Å². The molecule has 3 N–H and O–H groups in total. The van der Waals surface area contributed by atoms with Gasteiger partial charge < -0.3 is 10.8 Å². The molecule has 11 heavy (non-hydrogen) atoms. The minimum atomic E-state index is -1.69. The third-order valence-corrected chi connectivity index (χ3v) is 1.01. The molecule has 6 nitrogen and oxygen atoms in total. The fraction of sp³-hybridized carbons (Fsp3) is 0.400. The number of hydrogen-bond donors (Lipinski definition) is 2. The Morgan fingerprint density at radius 1 is 1.45 bits per heavy atom. The lowest BCUT2D eigenvalue weighted by Crippen LogP contribution is -2.43. The van der Waals surface area contributed by atoms with Gasteiger partial charge in [-0.15, -0.1) is 0 Å². The Labute approximate surface area is 62.6 Å². The van der Waals surface area contributed by atoms with Crippen LogP contribution in [0.3, 0.4) is 0 Å².